The van der Waals surface area contributed by atoms with Crippen molar-refractivity contribution >= 4 is 5.78 Å². The highest BCUT2D eigenvalue weighted by atomic mass is 16.1. The number of hydrogen-bond acceptors (Lipinski definition) is 3. The Balaban J connectivity index is 2.13. The quantitative estimate of drug-likeness (QED) is 0.687. The fourth-order valence-electron chi connectivity index (χ4n) is 2.79. The molecule has 0 aromatic heterocycles. The lowest BCUT2D eigenvalue weighted by atomic mass is 9.81. The Hall–Kier alpha value is -0.410. The lowest BCUT2D eigenvalue weighted by molar-refractivity contribution is -0.129. The molecular weight excluding hydrogens is 176 g/mol. The number of Topliss-reactive ketones (excluding diaryl/α,β-unsaturated/α-hetero) is 1. The van der Waals surface area contributed by atoms with Gasteiger partial charge in [-0.2, -0.15) is 0 Å². The molecule has 0 bridgehead atoms. The first kappa shape index (κ1) is 10.1. The minimum absolute atomic E-state index is 0.272. The Bertz CT molecular complexity index is 214. The lowest BCUT2D eigenvalue weighted by Crippen LogP contribution is -2.58. The zero-order chi connectivity index (χ0) is 10.2. The Morgan fingerprint density at radius 2 is 1.43 bits per heavy atom. The maximum absolute atomic E-state index is 12.4. The molecule has 80 valence electrons. The van der Waals surface area contributed by atoms with Crippen molar-refractivity contribution in [2.45, 2.75) is 50.6 Å². The second kappa shape index (κ2) is 3.31. The molecule has 0 aliphatic carbocycles. The van der Waals surface area contributed by atoms with Crippen LogP contribution >= 0.6 is 0 Å². The van der Waals surface area contributed by atoms with Gasteiger partial charge in [0.2, 0.25) is 0 Å². The van der Waals surface area contributed by atoms with Crippen molar-refractivity contribution in [2.24, 2.45) is 0 Å². The van der Waals surface area contributed by atoms with Crippen LogP contribution in [0.15, 0.2) is 0 Å². The summed E-state index contributed by atoms with van der Waals surface area (Å²) in [4.78, 5) is 12.4. The number of nitrogens with one attached hydrogen (secondary N) is 2. The normalized spacial score (nSPS) is 43.0. The predicted octanol–water partition coefficient (Wildman–Crippen LogP) is 0.840. The third kappa shape index (κ3) is 1.48. The summed E-state index contributed by atoms with van der Waals surface area (Å²) >= 11 is 0. The fourth-order valence-corrected chi connectivity index (χ4v) is 2.79. The van der Waals surface area contributed by atoms with Gasteiger partial charge in [-0.25, -0.2) is 0 Å². The molecule has 0 spiro atoms. The summed E-state index contributed by atoms with van der Waals surface area (Å²) in [6.45, 7) is 6.07. The van der Waals surface area contributed by atoms with E-state index in [9.17, 15) is 4.79 Å². The molecule has 0 radical (unpaired) electrons. The van der Waals surface area contributed by atoms with E-state index >= 15 is 0 Å². The Kier molecular flexibility index (Phi) is 2.40. The van der Waals surface area contributed by atoms with Crippen molar-refractivity contribution in [3.63, 3.8) is 0 Å². The van der Waals surface area contributed by atoms with Crippen molar-refractivity contribution in [1.82, 2.24) is 10.6 Å². The van der Waals surface area contributed by atoms with E-state index in [0.29, 0.717) is 5.78 Å². The fraction of sp³-hybridized carbons (Fsp3) is 0.909. The zero-order valence-corrected chi connectivity index (χ0v) is 9.15. The van der Waals surface area contributed by atoms with Gasteiger partial charge in [-0.3, -0.25) is 4.79 Å². The van der Waals surface area contributed by atoms with Crippen LogP contribution in [0.3, 0.4) is 0 Å². The van der Waals surface area contributed by atoms with E-state index in [1.54, 1.807) is 0 Å². The topological polar surface area (TPSA) is 41.1 Å². The molecule has 3 nitrogen and oxygen atoms in total. The minimum atomic E-state index is -0.272. The summed E-state index contributed by atoms with van der Waals surface area (Å²) in [5, 5.41) is 6.69. The van der Waals surface area contributed by atoms with E-state index in [4.69, 9.17) is 0 Å². The first-order valence-electron chi connectivity index (χ1n) is 5.62. The second-order valence-electron chi connectivity index (χ2n) is 5.05. The largest absolute Gasteiger partial charge is 0.305 e. The van der Waals surface area contributed by atoms with Crippen LogP contribution in [-0.4, -0.2) is 30.0 Å². The van der Waals surface area contributed by atoms with Gasteiger partial charge in [0, 0.05) is 0 Å². The maximum atomic E-state index is 12.4. The first-order valence-corrected chi connectivity index (χ1v) is 5.62. The zero-order valence-electron chi connectivity index (χ0n) is 9.15. The van der Waals surface area contributed by atoms with Crippen molar-refractivity contribution in [2.75, 3.05) is 13.1 Å². The average molecular weight is 196 g/mol. The van der Waals surface area contributed by atoms with E-state index in [0.717, 1.165) is 38.8 Å². The molecule has 2 unspecified atom stereocenters. The molecule has 0 aromatic carbocycles. The van der Waals surface area contributed by atoms with E-state index in [1.165, 1.54) is 0 Å². The maximum Gasteiger partial charge on any atom is 0.172 e. The number of rotatable bonds is 2. The number of carbonyl (C=O) groups excluding carboxylic acids is 1. The molecule has 2 aliphatic rings. The number of ketones is 1. The monoisotopic (exact) mass is 196 g/mol. The van der Waals surface area contributed by atoms with E-state index in [2.05, 4.69) is 10.6 Å². The molecule has 2 fully saturated rings. The van der Waals surface area contributed by atoms with E-state index < -0.39 is 0 Å². The number of hydrogen-bond donors (Lipinski definition) is 2. The second-order valence-corrected chi connectivity index (χ2v) is 5.05. The highest BCUT2D eigenvalue weighted by Crippen LogP contribution is 2.29. The van der Waals surface area contributed by atoms with Crippen LogP contribution in [0.1, 0.15) is 39.5 Å². The van der Waals surface area contributed by atoms with Gasteiger partial charge >= 0.3 is 0 Å². The molecule has 0 saturated carbocycles. The van der Waals surface area contributed by atoms with Crippen LogP contribution in [0.5, 0.6) is 0 Å². The molecule has 2 aliphatic heterocycles. The molecule has 2 rings (SSSR count). The van der Waals surface area contributed by atoms with Crippen molar-refractivity contribution in [3.05, 3.63) is 0 Å². The molecule has 0 aromatic rings. The van der Waals surface area contributed by atoms with Crippen LogP contribution in [-0.2, 0) is 4.79 Å². The highest BCUT2D eigenvalue weighted by molar-refractivity contribution is 5.96. The van der Waals surface area contributed by atoms with Crippen molar-refractivity contribution < 1.29 is 4.79 Å². The predicted molar refractivity (Wildman–Crippen MR) is 56.3 cm³/mol. The van der Waals surface area contributed by atoms with Crippen molar-refractivity contribution in [1.29, 1.82) is 0 Å². The molecule has 2 heterocycles. The van der Waals surface area contributed by atoms with Crippen LogP contribution < -0.4 is 10.6 Å². The molecular formula is C11H20N2O. The van der Waals surface area contributed by atoms with Gasteiger partial charge in [0.25, 0.3) is 0 Å². The summed E-state index contributed by atoms with van der Waals surface area (Å²) in [6, 6.07) is 0. The van der Waals surface area contributed by atoms with Gasteiger partial charge in [0.15, 0.2) is 5.78 Å². The lowest BCUT2D eigenvalue weighted by Gasteiger charge is -2.33. The van der Waals surface area contributed by atoms with Gasteiger partial charge in [-0.05, 0) is 52.6 Å². The third-order valence-electron chi connectivity index (χ3n) is 3.74. The Morgan fingerprint density at radius 1 is 1.00 bits per heavy atom. The van der Waals surface area contributed by atoms with E-state index in [1.807, 2.05) is 13.8 Å². The number of carbonyl (C=O) groups is 1. The Morgan fingerprint density at radius 3 is 1.71 bits per heavy atom. The van der Waals surface area contributed by atoms with Gasteiger partial charge in [-0.15, -0.1) is 0 Å². The summed E-state index contributed by atoms with van der Waals surface area (Å²) in [7, 11) is 0. The van der Waals surface area contributed by atoms with Gasteiger partial charge < -0.3 is 10.6 Å². The molecule has 14 heavy (non-hydrogen) atoms. The highest BCUT2D eigenvalue weighted by Gasteiger charge is 2.47. The summed E-state index contributed by atoms with van der Waals surface area (Å²) in [5.41, 5.74) is -0.543. The summed E-state index contributed by atoms with van der Waals surface area (Å²) < 4.78 is 0. The van der Waals surface area contributed by atoms with Crippen molar-refractivity contribution in [3.8, 4) is 0 Å². The van der Waals surface area contributed by atoms with Crippen LogP contribution in [0.25, 0.3) is 0 Å². The molecule has 2 saturated heterocycles. The molecule has 2 atom stereocenters. The smallest absolute Gasteiger partial charge is 0.172 e. The SMILES string of the molecule is CC1(C(=O)C2(C)CCCN2)CCCN1. The van der Waals surface area contributed by atoms with Crippen LogP contribution in [0.4, 0.5) is 0 Å². The van der Waals surface area contributed by atoms with Gasteiger partial charge in [0.05, 0.1) is 11.1 Å². The molecule has 0 amide bonds. The third-order valence-corrected chi connectivity index (χ3v) is 3.74. The Labute approximate surface area is 85.6 Å². The molecule has 3 heteroatoms. The van der Waals surface area contributed by atoms with Gasteiger partial charge in [-0.1, -0.05) is 0 Å². The summed E-state index contributed by atoms with van der Waals surface area (Å²) in [6.07, 6.45) is 4.23. The van der Waals surface area contributed by atoms with Crippen LogP contribution in [0.2, 0.25) is 0 Å². The van der Waals surface area contributed by atoms with Crippen LogP contribution in [0, 0.1) is 0 Å². The summed E-state index contributed by atoms with van der Waals surface area (Å²) in [5.74, 6) is 0.361. The van der Waals surface area contributed by atoms with E-state index in [-0.39, 0.29) is 11.1 Å². The first-order chi connectivity index (χ1) is 6.57. The molecule has 2 N–H and O–H groups in total. The van der Waals surface area contributed by atoms with Gasteiger partial charge in [0.1, 0.15) is 0 Å². The average Bonchev–Trinajstić information content (AvgIpc) is 2.75. The standard InChI is InChI=1S/C11H20N2O/c1-10(5-3-7-12-10)9(14)11(2)6-4-8-13-11/h12-13H,3-8H2,1-2H3. The minimum Gasteiger partial charge on any atom is -0.305 e.